The number of halogens is 1. The lowest BCUT2D eigenvalue weighted by Gasteiger charge is -2.08. The van der Waals surface area contributed by atoms with Gasteiger partial charge in [0, 0.05) is 11.6 Å². The fourth-order valence-corrected chi connectivity index (χ4v) is 1.22. The Morgan fingerprint density at radius 1 is 1.38 bits per heavy atom. The molecule has 1 aromatic rings. The number of amides is 1. The summed E-state index contributed by atoms with van der Waals surface area (Å²) in [7, 11) is 0. The number of hydrogen-bond acceptors (Lipinski definition) is 2. The van der Waals surface area contributed by atoms with Gasteiger partial charge in [0.15, 0.2) is 0 Å². The molecule has 88 valence electrons. The molecule has 0 bridgehead atoms. The highest BCUT2D eigenvalue weighted by molar-refractivity contribution is 6.30. The first-order chi connectivity index (χ1) is 7.58. The number of hydrogen-bond donors (Lipinski definition) is 1. The largest absolute Gasteiger partial charge is 0.369 e. The standard InChI is InChI=1S/C12H16ClNO2/c1-9(2)16-8-12(15)14-7-10-3-5-11(13)6-4-10/h3-6,9H,7-8H2,1-2H3,(H,14,15). The highest BCUT2D eigenvalue weighted by Crippen LogP contribution is 2.08. The van der Waals surface area contributed by atoms with Gasteiger partial charge < -0.3 is 10.1 Å². The molecule has 0 saturated heterocycles. The summed E-state index contributed by atoms with van der Waals surface area (Å²) in [6.07, 6.45) is 0.0706. The normalized spacial score (nSPS) is 10.5. The highest BCUT2D eigenvalue weighted by Gasteiger charge is 2.02. The second kappa shape index (κ2) is 6.51. The maximum absolute atomic E-state index is 11.3. The summed E-state index contributed by atoms with van der Waals surface area (Å²) in [6, 6.07) is 7.36. The fraction of sp³-hybridized carbons (Fsp3) is 0.417. The topological polar surface area (TPSA) is 38.3 Å². The van der Waals surface area contributed by atoms with E-state index in [4.69, 9.17) is 16.3 Å². The molecular formula is C12H16ClNO2. The van der Waals surface area contributed by atoms with E-state index in [1.807, 2.05) is 26.0 Å². The first kappa shape index (κ1) is 13.0. The molecule has 16 heavy (non-hydrogen) atoms. The van der Waals surface area contributed by atoms with Crippen LogP contribution in [0.4, 0.5) is 0 Å². The van der Waals surface area contributed by atoms with Crippen LogP contribution in [0.5, 0.6) is 0 Å². The van der Waals surface area contributed by atoms with Crippen molar-refractivity contribution in [3.8, 4) is 0 Å². The van der Waals surface area contributed by atoms with Gasteiger partial charge in [-0.25, -0.2) is 0 Å². The quantitative estimate of drug-likeness (QED) is 0.860. The first-order valence-corrected chi connectivity index (χ1v) is 5.58. The summed E-state index contributed by atoms with van der Waals surface area (Å²) in [5.74, 6) is -0.108. The number of rotatable bonds is 5. The molecule has 3 nitrogen and oxygen atoms in total. The van der Waals surface area contributed by atoms with Gasteiger partial charge in [0.25, 0.3) is 0 Å². The Morgan fingerprint density at radius 3 is 2.56 bits per heavy atom. The molecule has 4 heteroatoms. The predicted molar refractivity (Wildman–Crippen MR) is 64.4 cm³/mol. The maximum atomic E-state index is 11.3. The average Bonchev–Trinajstić information content (AvgIpc) is 2.25. The van der Waals surface area contributed by atoms with Gasteiger partial charge in [0.1, 0.15) is 6.61 Å². The van der Waals surface area contributed by atoms with Crippen LogP contribution in [-0.4, -0.2) is 18.6 Å². The van der Waals surface area contributed by atoms with Crippen molar-refractivity contribution in [2.24, 2.45) is 0 Å². The number of carbonyl (C=O) groups excluding carboxylic acids is 1. The molecule has 0 aromatic heterocycles. The van der Waals surface area contributed by atoms with Crippen LogP contribution >= 0.6 is 11.6 Å². The summed E-state index contributed by atoms with van der Waals surface area (Å²) in [5.41, 5.74) is 1.02. The number of ether oxygens (including phenoxy) is 1. The van der Waals surface area contributed by atoms with E-state index in [-0.39, 0.29) is 18.6 Å². The summed E-state index contributed by atoms with van der Waals surface area (Å²) >= 11 is 5.75. The molecule has 0 aliphatic rings. The lowest BCUT2D eigenvalue weighted by Crippen LogP contribution is -2.28. The molecule has 1 rings (SSSR count). The Kier molecular flexibility index (Phi) is 5.29. The van der Waals surface area contributed by atoms with Crippen molar-refractivity contribution in [3.05, 3.63) is 34.9 Å². The fourth-order valence-electron chi connectivity index (χ4n) is 1.10. The van der Waals surface area contributed by atoms with Gasteiger partial charge in [-0.2, -0.15) is 0 Å². The van der Waals surface area contributed by atoms with E-state index in [0.717, 1.165) is 5.56 Å². The highest BCUT2D eigenvalue weighted by atomic mass is 35.5. The molecule has 0 aliphatic heterocycles. The van der Waals surface area contributed by atoms with Crippen molar-refractivity contribution >= 4 is 17.5 Å². The Bertz CT molecular complexity index is 335. The van der Waals surface area contributed by atoms with Crippen LogP contribution in [0.3, 0.4) is 0 Å². The summed E-state index contributed by atoms with van der Waals surface area (Å²) in [4.78, 5) is 11.3. The Balaban J connectivity index is 2.29. The van der Waals surface area contributed by atoms with Gasteiger partial charge in [-0.3, -0.25) is 4.79 Å². The smallest absolute Gasteiger partial charge is 0.246 e. The van der Waals surface area contributed by atoms with Gasteiger partial charge in [0.05, 0.1) is 6.10 Å². The van der Waals surface area contributed by atoms with Crippen molar-refractivity contribution in [1.82, 2.24) is 5.32 Å². The summed E-state index contributed by atoms with van der Waals surface area (Å²) < 4.78 is 5.18. The zero-order valence-electron chi connectivity index (χ0n) is 9.50. The molecule has 0 radical (unpaired) electrons. The SMILES string of the molecule is CC(C)OCC(=O)NCc1ccc(Cl)cc1. The van der Waals surface area contributed by atoms with Crippen molar-refractivity contribution in [2.75, 3.05) is 6.61 Å². The third-order valence-corrected chi connectivity index (χ3v) is 2.20. The lowest BCUT2D eigenvalue weighted by atomic mass is 10.2. The minimum absolute atomic E-state index is 0.0706. The predicted octanol–water partition coefficient (Wildman–Crippen LogP) is 2.38. The molecule has 0 aliphatic carbocycles. The minimum atomic E-state index is -0.108. The van der Waals surface area contributed by atoms with E-state index in [2.05, 4.69) is 5.32 Å². The van der Waals surface area contributed by atoms with E-state index in [1.165, 1.54) is 0 Å². The zero-order chi connectivity index (χ0) is 12.0. The molecule has 0 fully saturated rings. The molecule has 0 unspecified atom stereocenters. The van der Waals surface area contributed by atoms with E-state index in [1.54, 1.807) is 12.1 Å². The van der Waals surface area contributed by atoms with Crippen molar-refractivity contribution in [2.45, 2.75) is 26.5 Å². The molecule has 0 heterocycles. The molecule has 1 aromatic carbocycles. The van der Waals surface area contributed by atoms with Gasteiger partial charge >= 0.3 is 0 Å². The summed E-state index contributed by atoms with van der Waals surface area (Å²) in [6.45, 7) is 4.39. The molecule has 0 saturated carbocycles. The van der Waals surface area contributed by atoms with Crippen LogP contribution in [0.2, 0.25) is 5.02 Å². The Morgan fingerprint density at radius 2 is 2.00 bits per heavy atom. The monoisotopic (exact) mass is 241 g/mol. The minimum Gasteiger partial charge on any atom is -0.369 e. The molecule has 0 spiro atoms. The summed E-state index contributed by atoms with van der Waals surface area (Å²) in [5, 5.41) is 3.46. The lowest BCUT2D eigenvalue weighted by molar-refractivity contribution is -0.127. The van der Waals surface area contributed by atoms with Crippen molar-refractivity contribution < 1.29 is 9.53 Å². The molecular weight excluding hydrogens is 226 g/mol. The Hall–Kier alpha value is -1.06. The van der Waals surface area contributed by atoms with E-state index in [9.17, 15) is 4.79 Å². The Labute approximate surface area is 101 Å². The second-order valence-corrected chi connectivity index (χ2v) is 4.20. The van der Waals surface area contributed by atoms with Crippen LogP contribution in [0.25, 0.3) is 0 Å². The van der Waals surface area contributed by atoms with Crippen LogP contribution in [0.1, 0.15) is 19.4 Å². The van der Waals surface area contributed by atoms with E-state index in [0.29, 0.717) is 11.6 Å². The van der Waals surface area contributed by atoms with E-state index >= 15 is 0 Å². The van der Waals surface area contributed by atoms with Crippen LogP contribution in [-0.2, 0) is 16.1 Å². The zero-order valence-corrected chi connectivity index (χ0v) is 10.3. The second-order valence-electron chi connectivity index (χ2n) is 3.76. The third-order valence-electron chi connectivity index (χ3n) is 1.95. The van der Waals surface area contributed by atoms with Crippen LogP contribution in [0, 0.1) is 0 Å². The first-order valence-electron chi connectivity index (χ1n) is 5.20. The average molecular weight is 242 g/mol. The number of nitrogens with one attached hydrogen (secondary N) is 1. The van der Waals surface area contributed by atoms with Crippen LogP contribution < -0.4 is 5.32 Å². The van der Waals surface area contributed by atoms with Gasteiger partial charge in [-0.15, -0.1) is 0 Å². The van der Waals surface area contributed by atoms with Crippen molar-refractivity contribution in [3.63, 3.8) is 0 Å². The van der Waals surface area contributed by atoms with Crippen molar-refractivity contribution in [1.29, 1.82) is 0 Å². The molecule has 1 amide bonds. The molecule has 1 N–H and O–H groups in total. The van der Waals surface area contributed by atoms with Gasteiger partial charge in [0.2, 0.25) is 5.91 Å². The van der Waals surface area contributed by atoms with Gasteiger partial charge in [-0.05, 0) is 31.5 Å². The third kappa shape index (κ3) is 5.14. The number of benzene rings is 1. The van der Waals surface area contributed by atoms with Crippen LogP contribution in [0.15, 0.2) is 24.3 Å². The maximum Gasteiger partial charge on any atom is 0.246 e. The molecule has 0 atom stereocenters. The van der Waals surface area contributed by atoms with E-state index < -0.39 is 0 Å². The number of carbonyl (C=O) groups is 1. The van der Waals surface area contributed by atoms with Gasteiger partial charge in [-0.1, -0.05) is 23.7 Å².